The Bertz CT molecular complexity index is 708. The van der Waals surface area contributed by atoms with Crippen molar-refractivity contribution in [3.63, 3.8) is 0 Å². The minimum Gasteiger partial charge on any atom is -0.384 e. The normalized spacial score (nSPS) is 9.86. The highest BCUT2D eigenvalue weighted by molar-refractivity contribution is 6.02. The molecule has 1 heterocycles. The predicted octanol–water partition coefficient (Wildman–Crippen LogP) is 2.14. The lowest BCUT2D eigenvalue weighted by molar-refractivity contribution is 0.0988. The molecule has 108 valence electrons. The van der Waals surface area contributed by atoms with Gasteiger partial charge in [-0.25, -0.2) is 0 Å². The van der Waals surface area contributed by atoms with Crippen molar-refractivity contribution < 1.29 is 14.4 Å². The fourth-order valence-corrected chi connectivity index (χ4v) is 1.88. The summed E-state index contributed by atoms with van der Waals surface area (Å²) in [7, 11) is 0. The third-order valence-electron chi connectivity index (χ3n) is 2.90. The van der Waals surface area contributed by atoms with E-state index in [1.165, 1.54) is 0 Å². The Hall–Kier alpha value is -2.58. The summed E-state index contributed by atoms with van der Waals surface area (Å²) in [5.74, 6) is 5.29. The Morgan fingerprint density at radius 3 is 2.86 bits per heavy atom. The van der Waals surface area contributed by atoms with Crippen LogP contribution in [0.5, 0.6) is 0 Å². The van der Waals surface area contributed by atoms with Gasteiger partial charge in [0.1, 0.15) is 6.61 Å². The second kappa shape index (κ2) is 6.73. The topological polar surface area (TPSA) is 75.4 Å². The highest BCUT2D eigenvalue weighted by Crippen LogP contribution is 2.19. The third-order valence-corrected chi connectivity index (χ3v) is 2.90. The number of rotatable bonds is 3. The molecule has 2 rings (SSSR count). The Morgan fingerprint density at radius 1 is 1.43 bits per heavy atom. The second-order valence-corrected chi connectivity index (χ2v) is 4.47. The van der Waals surface area contributed by atoms with Gasteiger partial charge < -0.3 is 14.9 Å². The number of benzene rings is 1. The van der Waals surface area contributed by atoms with E-state index in [0.29, 0.717) is 11.4 Å². The number of nitrogens with zero attached hydrogens (tertiary/aromatic N) is 1. The molecule has 0 aliphatic rings. The molecule has 0 atom stereocenters. The molecular formula is C16H16N2O3. The van der Waals surface area contributed by atoms with Crippen LogP contribution in [-0.4, -0.2) is 22.8 Å². The van der Waals surface area contributed by atoms with E-state index in [0.717, 1.165) is 17.5 Å². The number of hydrogen-bond donors (Lipinski definition) is 2. The Labute approximate surface area is 123 Å². The van der Waals surface area contributed by atoms with Crippen LogP contribution in [0.3, 0.4) is 0 Å². The predicted molar refractivity (Wildman–Crippen MR) is 79.0 cm³/mol. The molecule has 0 saturated heterocycles. The van der Waals surface area contributed by atoms with Gasteiger partial charge in [0.25, 0.3) is 5.91 Å². The van der Waals surface area contributed by atoms with Crippen LogP contribution < -0.4 is 5.32 Å². The van der Waals surface area contributed by atoms with E-state index >= 15 is 0 Å². The van der Waals surface area contributed by atoms with Gasteiger partial charge in [0.15, 0.2) is 0 Å². The number of carbonyl (C=O) groups excluding carboxylic acids is 1. The van der Waals surface area contributed by atoms with E-state index in [9.17, 15) is 4.79 Å². The number of aliphatic hydroxyl groups excluding tert-OH is 1. The average molecular weight is 284 g/mol. The zero-order valence-corrected chi connectivity index (χ0v) is 11.9. The molecule has 0 bridgehead atoms. The molecule has 2 N–H and O–H groups in total. The van der Waals surface area contributed by atoms with Crippen LogP contribution in [0.25, 0.3) is 0 Å². The quantitative estimate of drug-likeness (QED) is 0.847. The van der Waals surface area contributed by atoms with Gasteiger partial charge in [0.05, 0.1) is 5.69 Å². The minimum absolute atomic E-state index is 0.176. The lowest BCUT2D eigenvalue weighted by Crippen LogP contribution is -2.12. The van der Waals surface area contributed by atoms with Crippen molar-refractivity contribution >= 4 is 11.6 Å². The van der Waals surface area contributed by atoms with Crippen molar-refractivity contribution in [3.8, 4) is 11.8 Å². The maximum absolute atomic E-state index is 12.0. The molecule has 0 unspecified atom stereocenters. The standard InChI is InChI=1S/C16H16N2O3/c1-3-13-10-12(5-4-8-19)6-7-14(13)17-16(20)15-9-11(2)18-21-15/h6-7,9-10,19H,3,8H2,1-2H3,(H,17,20). The monoisotopic (exact) mass is 284 g/mol. The summed E-state index contributed by atoms with van der Waals surface area (Å²) in [6.07, 6.45) is 0.750. The first kappa shape index (κ1) is 14.8. The molecule has 0 saturated carbocycles. The van der Waals surface area contributed by atoms with Gasteiger partial charge in [-0.2, -0.15) is 0 Å². The van der Waals surface area contributed by atoms with Crippen molar-refractivity contribution in [2.75, 3.05) is 11.9 Å². The first-order chi connectivity index (χ1) is 10.1. The fraction of sp³-hybridized carbons (Fsp3) is 0.250. The molecule has 1 aromatic carbocycles. The largest absolute Gasteiger partial charge is 0.384 e. The highest BCUT2D eigenvalue weighted by atomic mass is 16.5. The van der Waals surface area contributed by atoms with Crippen LogP contribution in [0.2, 0.25) is 0 Å². The number of carbonyl (C=O) groups is 1. The summed E-state index contributed by atoms with van der Waals surface area (Å²) in [6.45, 7) is 3.57. The zero-order valence-electron chi connectivity index (χ0n) is 11.9. The van der Waals surface area contributed by atoms with Gasteiger partial charge in [-0.1, -0.05) is 23.9 Å². The van der Waals surface area contributed by atoms with Gasteiger partial charge in [-0.05, 0) is 37.1 Å². The number of amides is 1. The molecule has 5 nitrogen and oxygen atoms in total. The maximum atomic E-state index is 12.0. The number of anilines is 1. The number of hydrogen-bond acceptors (Lipinski definition) is 4. The summed E-state index contributed by atoms with van der Waals surface area (Å²) < 4.78 is 4.94. The van der Waals surface area contributed by atoms with Crippen LogP contribution in [-0.2, 0) is 6.42 Å². The van der Waals surface area contributed by atoms with Gasteiger partial charge in [0.2, 0.25) is 5.76 Å². The molecule has 0 radical (unpaired) electrons. The van der Waals surface area contributed by atoms with E-state index in [1.54, 1.807) is 25.1 Å². The Kier molecular flexibility index (Phi) is 4.75. The molecule has 1 amide bonds. The molecule has 0 spiro atoms. The Balaban J connectivity index is 2.21. The van der Waals surface area contributed by atoms with Crippen LogP contribution in [0.4, 0.5) is 5.69 Å². The molecule has 0 fully saturated rings. The molecule has 1 aromatic heterocycles. The van der Waals surface area contributed by atoms with Crippen LogP contribution in [0.1, 0.15) is 34.3 Å². The van der Waals surface area contributed by atoms with Crippen molar-refractivity contribution in [1.29, 1.82) is 0 Å². The molecule has 21 heavy (non-hydrogen) atoms. The van der Waals surface area contributed by atoms with Crippen molar-refractivity contribution in [3.05, 3.63) is 46.8 Å². The SMILES string of the molecule is CCc1cc(C#CCO)ccc1NC(=O)c1cc(C)no1. The fourth-order valence-electron chi connectivity index (χ4n) is 1.88. The second-order valence-electron chi connectivity index (χ2n) is 4.47. The van der Waals surface area contributed by atoms with E-state index in [4.69, 9.17) is 9.63 Å². The number of aliphatic hydroxyl groups is 1. The average Bonchev–Trinajstić information content (AvgIpc) is 2.92. The molecular weight excluding hydrogens is 268 g/mol. The van der Waals surface area contributed by atoms with E-state index in [1.807, 2.05) is 13.0 Å². The lowest BCUT2D eigenvalue weighted by atomic mass is 10.1. The molecule has 0 aliphatic heterocycles. The minimum atomic E-state index is -0.334. The van der Waals surface area contributed by atoms with Crippen LogP contribution in [0.15, 0.2) is 28.8 Å². The Morgan fingerprint density at radius 2 is 2.24 bits per heavy atom. The van der Waals surface area contributed by atoms with Crippen molar-refractivity contribution in [1.82, 2.24) is 5.16 Å². The maximum Gasteiger partial charge on any atom is 0.294 e. The molecule has 5 heteroatoms. The smallest absolute Gasteiger partial charge is 0.294 e. The van der Waals surface area contributed by atoms with E-state index in [2.05, 4.69) is 22.3 Å². The van der Waals surface area contributed by atoms with Crippen LogP contribution in [0, 0.1) is 18.8 Å². The van der Waals surface area contributed by atoms with Gasteiger partial charge in [0, 0.05) is 17.3 Å². The van der Waals surface area contributed by atoms with Gasteiger partial charge in [-0.3, -0.25) is 4.79 Å². The van der Waals surface area contributed by atoms with Gasteiger partial charge >= 0.3 is 0 Å². The third kappa shape index (κ3) is 3.71. The first-order valence-electron chi connectivity index (χ1n) is 6.61. The zero-order chi connectivity index (χ0) is 15.2. The van der Waals surface area contributed by atoms with E-state index in [-0.39, 0.29) is 18.3 Å². The summed E-state index contributed by atoms with van der Waals surface area (Å²) >= 11 is 0. The number of aryl methyl sites for hydroxylation is 2. The highest BCUT2D eigenvalue weighted by Gasteiger charge is 2.13. The summed E-state index contributed by atoms with van der Waals surface area (Å²) in [6, 6.07) is 7.07. The first-order valence-corrected chi connectivity index (χ1v) is 6.61. The van der Waals surface area contributed by atoms with Crippen LogP contribution >= 0.6 is 0 Å². The summed E-state index contributed by atoms with van der Waals surface area (Å²) in [4.78, 5) is 12.0. The number of nitrogens with one attached hydrogen (secondary N) is 1. The molecule has 0 aliphatic carbocycles. The van der Waals surface area contributed by atoms with Crippen molar-refractivity contribution in [2.24, 2.45) is 0 Å². The number of aromatic nitrogens is 1. The summed E-state index contributed by atoms with van der Waals surface area (Å²) in [5, 5.41) is 15.2. The lowest BCUT2D eigenvalue weighted by Gasteiger charge is -2.09. The van der Waals surface area contributed by atoms with E-state index < -0.39 is 0 Å². The van der Waals surface area contributed by atoms with Gasteiger partial charge in [-0.15, -0.1) is 0 Å². The van der Waals surface area contributed by atoms with Crippen molar-refractivity contribution in [2.45, 2.75) is 20.3 Å². The summed E-state index contributed by atoms with van der Waals surface area (Å²) in [5.41, 5.74) is 3.13. The molecule has 2 aromatic rings.